The molecule has 1 aromatic rings. The predicted octanol–water partition coefficient (Wildman–Crippen LogP) is 0.0342. The molecule has 7 nitrogen and oxygen atoms in total. The van der Waals surface area contributed by atoms with Crippen LogP contribution in [-0.2, 0) is 4.79 Å². The number of amides is 2. The summed E-state index contributed by atoms with van der Waals surface area (Å²) in [5, 5.41) is 13.7. The fraction of sp³-hybridized carbons (Fsp3) is 0.333. The molecule has 0 saturated heterocycles. The van der Waals surface area contributed by atoms with E-state index in [1.165, 1.54) is 39.2 Å². The molecule has 0 aromatic carbocycles. The number of carbonyl (C=O) groups excluding carboxylic acids is 2. The molecular formula is C12H15N3O4. The molecule has 1 heterocycles. The molecule has 0 spiro atoms. The van der Waals surface area contributed by atoms with Crippen LogP contribution >= 0.6 is 0 Å². The van der Waals surface area contributed by atoms with Crippen LogP contribution in [0.3, 0.4) is 0 Å². The van der Waals surface area contributed by atoms with E-state index in [0.717, 1.165) is 0 Å². The second kappa shape index (κ2) is 5.47. The summed E-state index contributed by atoms with van der Waals surface area (Å²) in [4.78, 5) is 37.8. The van der Waals surface area contributed by atoms with Crippen molar-refractivity contribution in [1.82, 2.24) is 15.6 Å². The molecule has 0 unspecified atom stereocenters. The zero-order valence-corrected chi connectivity index (χ0v) is 10.9. The largest absolute Gasteiger partial charge is 0.480 e. The summed E-state index contributed by atoms with van der Waals surface area (Å²) in [7, 11) is 1.47. The average molecular weight is 265 g/mol. The van der Waals surface area contributed by atoms with Gasteiger partial charge in [0.2, 0.25) is 0 Å². The first-order valence-corrected chi connectivity index (χ1v) is 5.52. The maximum absolute atomic E-state index is 11.8. The Morgan fingerprint density at radius 1 is 1.21 bits per heavy atom. The van der Waals surface area contributed by atoms with Crippen LogP contribution < -0.4 is 10.6 Å². The van der Waals surface area contributed by atoms with Crippen LogP contribution in [0, 0.1) is 0 Å². The Morgan fingerprint density at radius 3 is 2.26 bits per heavy atom. The van der Waals surface area contributed by atoms with Crippen molar-refractivity contribution in [3.63, 3.8) is 0 Å². The number of aliphatic carboxylic acids is 1. The lowest BCUT2D eigenvalue weighted by molar-refractivity contribution is -0.143. The SMILES string of the molecule is CNC(=O)c1ccc(C(=O)NC(C)(C)C(=O)O)cn1. The van der Waals surface area contributed by atoms with Gasteiger partial charge in [0.1, 0.15) is 11.2 Å². The number of hydrogen-bond donors (Lipinski definition) is 3. The molecule has 0 aliphatic heterocycles. The van der Waals surface area contributed by atoms with Crippen molar-refractivity contribution in [2.75, 3.05) is 7.05 Å². The molecule has 0 fully saturated rings. The molecule has 7 heteroatoms. The minimum absolute atomic E-state index is 0.177. The monoisotopic (exact) mass is 265 g/mol. The van der Waals surface area contributed by atoms with Gasteiger partial charge in [0.15, 0.2) is 0 Å². The molecule has 102 valence electrons. The molecule has 3 N–H and O–H groups in total. The number of carboxylic acid groups (broad SMARTS) is 1. The van der Waals surface area contributed by atoms with E-state index in [9.17, 15) is 14.4 Å². The van der Waals surface area contributed by atoms with Crippen molar-refractivity contribution in [2.45, 2.75) is 19.4 Å². The highest BCUT2D eigenvalue weighted by molar-refractivity contribution is 5.98. The van der Waals surface area contributed by atoms with E-state index in [1.807, 2.05) is 0 Å². The Labute approximate surface area is 110 Å². The lowest BCUT2D eigenvalue weighted by atomic mass is 10.1. The lowest BCUT2D eigenvalue weighted by Gasteiger charge is -2.20. The summed E-state index contributed by atoms with van der Waals surface area (Å²) in [5.74, 6) is -2.07. The molecule has 1 aromatic heterocycles. The van der Waals surface area contributed by atoms with E-state index in [0.29, 0.717) is 0 Å². The van der Waals surface area contributed by atoms with E-state index in [-0.39, 0.29) is 17.2 Å². The molecule has 0 atom stereocenters. The molecule has 0 bridgehead atoms. The topological polar surface area (TPSA) is 108 Å². The molecule has 19 heavy (non-hydrogen) atoms. The van der Waals surface area contributed by atoms with Gasteiger partial charge in [0.05, 0.1) is 5.56 Å². The van der Waals surface area contributed by atoms with Crippen LogP contribution in [-0.4, -0.2) is 40.5 Å². The second-order valence-electron chi connectivity index (χ2n) is 4.40. The van der Waals surface area contributed by atoms with E-state index < -0.39 is 17.4 Å². The van der Waals surface area contributed by atoms with Crippen molar-refractivity contribution < 1.29 is 19.5 Å². The number of carbonyl (C=O) groups is 3. The van der Waals surface area contributed by atoms with Crippen molar-refractivity contribution in [2.24, 2.45) is 0 Å². The van der Waals surface area contributed by atoms with Gasteiger partial charge in [0.25, 0.3) is 11.8 Å². The van der Waals surface area contributed by atoms with E-state index >= 15 is 0 Å². The van der Waals surface area contributed by atoms with Crippen LogP contribution in [0.25, 0.3) is 0 Å². The zero-order valence-electron chi connectivity index (χ0n) is 10.9. The van der Waals surface area contributed by atoms with Crippen LogP contribution in [0.5, 0.6) is 0 Å². The number of nitrogens with zero attached hydrogens (tertiary/aromatic N) is 1. The third kappa shape index (κ3) is 3.51. The Balaban J connectivity index is 2.85. The zero-order chi connectivity index (χ0) is 14.6. The van der Waals surface area contributed by atoms with Gasteiger partial charge in [-0.05, 0) is 26.0 Å². The number of rotatable bonds is 4. The molecule has 0 radical (unpaired) electrons. The van der Waals surface area contributed by atoms with Gasteiger partial charge in [-0.25, -0.2) is 4.79 Å². The molecule has 0 aliphatic rings. The smallest absolute Gasteiger partial charge is 0.328 e. The summed E-state index contributed by atoms with van der Waals surface area (Å²) in [5.41, 5.74) is -1.02. The standard InChI is InChI=1S/C12H15N3O4/c1-12(2,11(18)19)15-9(16)7-4-5-8(14-6-7)10(17)13-3/h4-6H,1-3H3,(H,13,17)(H,15,16)(H,18,19). The first-order chi connectivity index (χ1) is 8.77. The van der Waals surface area contributed by atoms with Gasteiger partial charge >= 0.3 is 5.97 Å². The van der Waals surface area contributed by atoms with Gasteiger partial charge in [-0.1, -0.05) is 0 Å². The number of carboxylic acids is 1. The Hall–Kier alpha value is -2.44. The number of aromatic nitrogens is 1. The Morgan fingerprint density at radius 2 is 1.84 bits per heavy atom. The minimum atomic E-state index is -1.38. The van der Waals surface area contributed by atoms with Gasteiger partial charge in [0, 0.05) is 13.2 Å². The summed E-state index contributed by atoms with van der Waals surface area (Å²) < 4.78 is 0. The first-order valence-electron chi connectivity index (χ1n) is 5.52. The quantitative estimate of drug-likeness (QED) is 0.712. The van der Waals surface area contributed by atoms with E-state index in [4.69, 9.17) is 5.11 Å². The van der Waals surface area contributed by atoms with E-state index in [1.54, 1.807) is 0 Å². The fourth-order valence-corrected chi connectivity index (χ4v) is 1.20. The third-order valence-corrected chi connectivity index (χ3v) is 2.45. The highest BCUT2D eigenvalue weighted by Crippen LogP contribution is 2.06. The molecular weight excluding hydrogens is 250 g/mol. The average Bonchev–Trinajstić information content (AvgIpc) is 2.37. The number of pyridine rings is 1. The second-order valence-corrected chi connectivity index (χ2v) is 4.40. The van der Waals surface area contributed by atoms with Gasteiger partial charge < -0.3 is 15.7 Å². The maximum atomic E-state index is 11.8. The van der Waals surface area contributed by atoms with Crippen LogP contribution in [0.4, 0.5) is 0 Å². The van der Waals surface area contributed by atoms with Gasteiger partial charge in [-0.2, -0.15) is 0 Å². The summed E-state index contributed by atoms with van der Waals surface area (Å²) in [6, 6.07) is 2.80. The summed E-state index contributed by atoms with van der Waals surface area (Å²) in [6.45, 7) is 2.75. The van der Waals surface area contributed by atoms with Crippen molar-refractivity contribution in [3.05, 3.63) is 29.6 Å². The first kappa shape index (κ1) is 14.6. The van der Waals surface area contributed by atoms with Crippen molar-refractivity contribution in [3.8, 4) is 0 Å². The maximum Gasteiger partial charge on any atom is 0.328 e. The third-order valence-electron chi connectivity index (χ3n) is 2.45. The van der Waals surface area contributed by atoms with Crippen molar-refractivity contribution >= 4 is 17.8 Å². The lowest BCUT2D eigenvalue weighted by Crippen LogP contribution is -2.49. The molecule has 0 aliphatic carbocycles. The van der Waals surface area contributed by atoms with Crippen LogP contribution in [0.1, 0.15) is 34.7 Å². The summed E-state index contributed by atoms with van der Waals surface area (Å²) >= 11 is 0. The molecule has 1 rings (SSSR count). The normalized spacial score (nSPS) is 10.7. The highest BCUT2D eigenvalue weighted by Gasteiger charge is 2.29. The summed E-state index contributed by atoms with van der Waals surface area (Å²) in [6.07, 6.45) is 1.22. The molecule has 0 saturated carbocycles. The van der Waals surface area contributed by atoms with Gasteiger partial charge in [-0.3, -0.25) is 14.6 Å². The highest BCUT2D eigenvalue weighted by atomic mass is 16.4. The minimum Gasteiger partial charge on any atom is -0.480 e. The Bertz CT molecular complexity index is 508. The number of nitrogens with one attached hydrogen (secondary N) is 2. The van der Waals surface area contributed by atoms with Crippen LogP contribution in [0.15, 0.2) is 18.3 Å². The fourth-order valence-electron chi connectivity index (χ4n) is 1.20. The van der Waals surface area contributed by atoms with E-state index in [2.05, 4.69) is 15.6 Å². The predicted molar refractivity (Wildman–Crippen MR) is 66.8 cm³/mol. The number of hydrogen-bond acceptors (Lipinski definition) is 4. The molecule has 2 amide bonds. The van der Waals surface area contributed by atoms with Crippen molar-refractivity contribution in [1.29, 1.82) is 0 Å². The van der Waals surface area contributed by atoms with Gasteiger partial charge in [-0.15, -0.1) is 0 Å². The Kier molecular flexibility index (Phi) is 4.21. The van der Waals surface area contributed by atoms with Crippen LogP contribution in [0.2, 0.25) is 0 Å².